The van der Waals surface area contributed by atoms with Crippen molar-refractivity contribution in [1.82, 2.24) is 0 Å². The van der Waals surface area contributed by atoms with Crippen LogP contribution in [0.4, 0.5) is 26.3 Å². The molecule has 0 atom stereocenters. The molecule has 34 heavy (non-hydrogen) atoms. The third-order valence-corrected chi connectivity index (χ3v) is 9.67. The molecule has 5 nitrogen and oxygen atoms in total. The van der Waals surface area contributed by atoms with Gasteiger partial charge < -0.3 is 0 Å². The SMILES string of the molecule is O=S(=O)(O)C(F)(F)C(F)(F)C(F)(F)S(=O)(=O)c1c(C2CCCCC2)cccc1C1CCCCC1. The number of rotatable bonds is 7. The van der Waals surface area contributed by atoms with E-state index in [0.717, 1.165) is 12.8 Å². The lowest BCUT2D eigenvalue weighted by molar-refractivity contribution is -0.245. The van der Waals surface area contributed by atoms with E-state index in [1.54, 1.807) is 0 Å². The average Bonchev–Trinajstić information content (AvgIpc) is 2.78. The van der Waals surface area contributed by atoms with Crippen LogP contribution in [-0.2, 0) is 20.0 Å². The Hall–Kier alpha value is -1.34. The topological polar surface area (TPSA) is 88.5 Å². The molecule has 0 spiro atoms. The molecule has 0 aromatic heterocycles. The highest BCUT2D eigenvalue weighted by molar-refractivity contribution is 7.92. The molecule has 1 N–H and O–H groups in total. The summed E-state index contributed by atoms with van der Waals surface area (Å²) >= 11 is 0. The first-order chi connectivity index (χ1) is 15.6. The third-order valence-electron chi connectivity index (χ3n) is 6.83. The maximum Gasteiger partial charge on any atom is 0.439 e. The molecule has 1 aromatic carbocycles. The van der Waals surface area contributed by atoms with Crippen LogP contribution < -0.4 is 0 Å². The molecule has 0 aliphatic heterocycles. The molecule has 0 heterocycles. The Morgan fingerprint density at radius 2 is 1.06 bits per heavy atom. The van der Waals surface area contributed by atoms with Crippen molar-refractivity contribution in [2.75, 3.05) is 0 Å². The van der Waals surface area contributed by atoms with E-state index in [1.807, 2.05) is 0 Å². The number of halogens is 6. The van der Waals surface area contributed by atoms with E-state index < -0.39 is 53.1 Å². The molecule has 0 saturated heterocycles. The summed E-state index contributed by atoms with van der Waals surface area (Å²) in [6.45, 7) is 0. The smallest absolute Gasteiger partial charge is 0.281 e. The van der Waals surface area contributed by atoms with Crippen LogP contribution in [0.5, 0.6) is 0 Å². The van der Waals surface area contributed by atoms with Gasteiger partial charge >= 0.3 is 26.5 Å². The van der Waals surface area contributed by atoms with E-state index in [1.165, 1.54) is 18.2 Å². The first-order valence-electron chi connectivity index (χ1n) is 11.0. The predicted octanol–water partition coefficient (Wildman–Crippen LogP) is 6.26. The second-order valence-corrected chi connectivity index (χ2v) is 12.4. The van der Waals surface area contributed by atoms with Crippen molar-refractivity contribution in [2.24, 2.45) is 0 Å². The van der Waals surface area contributed by atoms with Crippen molar-refractivity contribution in [3.05, 3.63) is 29.3 Å². The molecule has 2 saturated carbocycles. The Bertz CT molecular complexity index is 1070. The Labute approximate surface area is 194 Å². The van der Waals surface area contributed by atoms with Crippen LogP contribution in [-0.4, -0.2) is 37.8 Å². The molecule has 0 bridgehead atoms. The van der Waals surface area contributed by atoms with Gasteiger partial charge in [0.05, 0.1) is 4.90 Å². The normalized spacial score (nSPS) is 20.4. The van der Waals surface area contributed by atoms with Gasteiger partial charge in [0.1, 0.15) is 0 Å². The minimum atomic E-state index is -7.07. The monoisotopic (exact) mass is 536 g/mol. The summed E-state index contributed by atoms with van der Waals surface area (Å²) in [5.74, 6) is -8.07. The van der Waals surface area contributed by atoms with Gasteiger partial charge in [0, 0.05) is 0 Å². The zero-order valence-electron chi connectivity index (χ0n) is 18.1. The van der Waals surface area contributed by atoms with Gasteiger partial charge in [0.2, 0.25) is 0 Å². The van der Waals surface area contributed by atoms with Crippen molar-refractivity contribution in [2.45, 2.75) is 97.4 Å². The molecule has 2 aliphatic carbocycles. The minimum absolute atomic E-state index is 0.145. The van der Waals surface area contributed by atoms with Crippen LogP contribution >= 0.6 is 0 Å². The Balaban J connectivity index is 2.26. The number of sulfone groups is 1. The van der Waals surface area contributed by atoms with Crippen molar-refractivity contribution >= 4 is 20.0 Å². The molecule has 3 rings (SSSR count). The Morgan fingerprint density at radius 3 is 1.41 bits per heavy atom. The molecule has 0 radical (unpaired) electrons. The maximum absolute atomic E-state index is 15.0. The second-order valence-electron chi connectivity index (χ2n) is 9.02. The lowest BCUT2D eigenvalue weighted by atomic mass is 9.80. The summed E-state index contributed by atoms with van der Waals surface area (Å²) in [6.07, 6.45) is 5.82. The van der Waals surface area contributed by atoms with Gasteiger partial charge in [-0.1, -0.05) is 56.7 Å². The zero-order chi connectivity index (χ0) is 25.6. The lowest BCUT2D eigenvalue weighted by Gasteiger charge is -2.34. The fourth-order valence-electron chi connectivity index (χ4n) is 4.98. The van der Waals surface area contributed by atoms with E-state index >= 15 is 0 Å². The van der Waals surface area contributed by atoms with E-state index in [0.29, 0.717) is 51.4 Å². The maximum atomic E-state index is 15.0. The van der Waals surface area contributed by atoms with E-state index in [4.69, 9.17) is 4.55 Å². The van der Waals surface area contributed by atoms with Crippen LogP contribution in [0.15, 0.2) is 23.1 Å². The highest BCUT2D eigenvalue weighted by Crippen LogP contribution is 2.54. The van der Waals surface area contributed by atoms with Crippen LogP contribution in [0.3, 0.4) is 0 Å². The van der Waals surface area contributed by atoms with E-state index in [2.05, 4.69) is 0 Å². The van der Waals surface area contributed by atoms with Gasteiger partial charge in [-0.05, 0) is 48.6 Å². The molecule has 13 heteroatoms. The molecular weight excluding hydrogens is 510 g/mol. The number of hydrogen-bond acceptors (Lipinski definition) is 4. The standard InChI is InChI=1S/C21H26F6O5S2/c22-19(23,21(26,27)34(30,31)32)20(24,25)33(28,29)18-16(14-8-3-1-4-9-14)12-7-13-17(18)15-10-5-2-6-11-15/h7,12-15H,1-6,8-11H2,(H,30,31,32). The van der Waals surface area contributed by atoms with Crippen LogP contribution in [0.1, 0.15) is 87.2 Å². The Morgan fingerprint density at radius 1 is 0.676 bits per heavy atom. The van der Waals surface area contributed by atoms with Gasteiger partial charge in [-0.2, -0.15) is 34.8 Å². The Kier molecular flexibility index (Phi) is 7.43. The summed E-state index contributed by atoms with van der Waals surface area (Å²) < 4.78 is 143. The quantitative estimate of drug-likeness (QED) is 0.328. The zero-order valence-corrected chi connectivity index (χ0v) is 19.8. The molecule has 0 amide bonds. The molecule has 2 fully saturated rings. The first-order valence-corrected chi connectivity index (χ1v) is 14.0. The summed E-state index contributed by atoms with van der Waals surface area (Å²) in [6, 6.07) is 3.89. The van der Waals surface area contributed by atoms with Crippen LogP contribution in [0.25, 0.3) is 0 Å². The lowest BCUT2D eigenvalue weighted by Crippen LogP contribution is -2.60. The van der Waals surface area contributed by atoms with Crippen LogP contribution in [0, 0.1) is 0 Å². The molecule has 0 unspecified atom stereocenters. The summed E-state index contributed by atoms with van der Waals surface area (Å²) in [5, 5.41) is -13.3. The van der Waals surface area contributed by atoms with Gasteiger partial charge in [-0.15, -0.1) is 0 Å². The van der Waals surface area contributed by atoms with E-state index in [9.17, 15) is 43.2 Å². The second kappa shape index (κ2) is 9.27. The van der Waals surface area contributed by atoms with Gasteiger partial charge in [-0.25, -0.2) is 8.42 Å². The van der Waals surface area contributed by atoms with Crippen molar-refractivity contribution in [3.63, 3.8) is 0 Å². The summed E-state index contributed by atoms with van der Waals surface area (Å²) in [4.78, 5) is -1.12. The molecule has 2 aliphatic rings. The summed E-state index contributed by atoms with van der Waals surface area (Å²) in [5.41, 5.74) is -0.290. The molecular formula is C21H26F6O5S2. The number of hydrogen-bond donors (Lipinski definition) is 1. The highest BCUT2D eigenvalue weighted by atomic mass is 32.2. The van der Waals surface area contributed by atoms with Gasteiger partial charge in [0.25, 0.3) is 9.84 Å². The number of benzene rings is 1. The molecule has 1 aromatic rings. The predicted molar refractivity (Wildman–Crippen MR) is 112 cm³/mol. The van der Waals surface area contributed by atoms with Gasteiger partial charge in [-0.3, -0.25) is 4.55 Å². The highest BCUT2D eigenvalue weighted by Gasteiger charge is 2.82. The third kappa shape index (κ3) is 4.36. The van der Waals surface area contributed by atoms with Crippen molar-refractivity contribution in [1.29, 1.82) is 0 Å². The van der Waals surface area contributed by atoms with Gasteiger partial charge in [0.15, 0.2) is 0 Å². The fraction of sp³-hybridized carbons (Fsp3) is 0.714. The molecule has 194 valence electrons. The first kappa shape index (κ1) is 27.3. The van der Waals surface area contributed by atoms with Crippen LogP contribution in [0.2, 0.25) is 0 Å². The van der Waals surface area contributed by atoms with E-state index in [-0.39, 0.29) is 11.1 Å². The average molecular weight is 537 g/mol. The van der Waals surface area contributed by atoms with Crippen molar-refractivity contribution in [3.8, 4) is 0 Å². The van der Waals surface area contributed by atoms with Crippen molar-refractivity contribution < 1.29 is 47.7 Å². The fourth-order valence-corrected chi connectivity index (χ4v) is 7.31. The largest absolute Gasteiger partial charge is 0.439 e. The number of alkyl halides is 6. The summed E-state index contributed by atoms with van der Waals surface area (Å²) in [7, 11) is -13.6. The minimum Gasteiger partial charge on any atom is -0.281 e.